The van der Waals surface area contributed by atoms with Gasteiger partial charge in [0.15, 0.2) is 0 Å². The van der Waals surface area contributed by atoms with Crippen molar-refractivity contribution < 1.29 is 13.9 Å². The van der Waals surface area contributed by atoms with Gasteiger partial charge in [-0.25, -0.2) is 4.39 Å². The van der Waals surface area contributed by atoms with Crippen LogP contribution in [0.1, 0.15) is 29.6 Å². The van der Waals surface area contributed by atoms with Crippen LogP contribution in [-0.2, 0) is 0 Å². The highest BCUT2D eigenvalue weighted by atomic mass is 19.1. The second-order valence-corrected chi connectivity index (χ2v) is 4.46. The molecule has 4 heteroatoms. The molecule has 0 heterocycles. The molecule has 1 aromatic carbocycles. The molecule has 0 amide bonds. The van der Waals surface area contributed by atoms with Crippen LogP contribution in [0.5, 0.6) is 5.75 Å². The minimum Gasteiger partial charge on any atom is -0.493 e. The van der Waals surface area contributed by atoms with Gasteiger partial charge in [-0.3, -0.25) is 4.79 Å². The molecule has 17 heavy (non-hydrogen) atoms. The van der Waals surface area contributed by atoms with Gasteiger partial charge in [0.25, 0.3) is 0 Å². The molecule has 0 aliphatic heterocycles. The summed E-state index contributed by atoms with van der Waals surface area (Å²) in [6.07, 6.45) is 2.98. The van der Waals surface area contributed by atoms with Gasteiger partial charge < -0.3 is 4.74 Å². The first kappa shape index (κ1) is 11.6. The van der Waals surface area contributed by atoms with Gasteiger partial charge in [0.1, 0.15) is 17.9 Å². The van der Waals surface area contributed by atoms with E-state index in [1.54, 1.807) is 0 Å². The van der Waals surface area contributed by atoms with Crippen molar-refractivity contribution >= 4 is 6.29 Å². The Morgan fingerprint density at radius 3 is 2.82 bits per heavy atom. The largest absolute Gasteiger partial charge is 0.493 e. The molecule has 1 aromatic rings. The molecule has 0 aromatic heterocycles. The molecular formula is C13H12FNO2. The molecule has 1 aliphatic rings. The van der Waals surface area contributed by atoms with Crippen LogP contribution in [0.25, 0.3) is 0 Å². The highest BCUT2D eigenvalue weighted by molar-refractivity contribution is 5.75. The van der Waals surface area contributed by atoms with Crippen LogP contribution in [0.15, 0.2) is 18.2 Å². The van der Waals surface area contributed by atoms with Gasteiger partial charge in [0, 0.05) is 23.5 Å². The normalized spacial score (nSPS) is 16.0. The minimum absolute atomic E-state index is 0.0532. The zero-order valence-corrected chi connectivity index (χ0v) is 9.28. The maximum absolute atomic E-state index is 13.1. The van der Waals surface area contributed by atoms with E-state index in [0.717, 1.165) is 18.9 Å². The summed E-state index contributed by atoms with van der Waals surface area (Å²) in [5, 5.41) is 8.65. The molecule has 3 nitrogen and oxygen atoms in total. The number of nitrogens with zero attached hydrogens (tertiary/aromatic N) is 1. The van der Waals surface area contributed by atoms with Gasteiger partial charge in [0.05, 0.1) is 12.7 Å². The number of halogens is 1. The molecule has 0 spiro atoms. The van der Waals surface area contributed by atoms with Crippen molar-refractivity contribution in [3.8, 4) is 11.8 Å². The molecule has 1 aliphatic carbocycles. The van der Waals surface area contributed by atoms with Crippen molar-refractivity contribution in [3.05, 3.63) is 29.6 Å². The number of hydrogen-bond donors (Lipinski definition) is 0. The van der Waals surface area contributed by atoms with E-state index in [4.69, 9.17) is 10.00 Å². The van der Waals surface area contributed by atoms with Crippen LogP contribution >= 0.6 is 0 Å². The number of aldehydes is 1. The fourth-order valence-electron chi connectivity index (χ4n) is 1.69. The smallest absolute Gasteiger partial charge is 0.150 e. The van der Waals surface area contributed by atoms with Crippen molar-refractivity contribution in [3.63, 3.8) is 0 Å². The molecule has 0 radical (unpaired) electrons. The second kappa shape index (κ2) is 4.54. The Kier molecular flexibility index (Phi) is 3.10. The van der Waals surface area contributed by atoms with Crippen molar-refractivity contribution in [1.29, 1.82) is 5.26 Å². The van der Waals surface area contributed by atoms with E-state index in [1.165, 1.54) is 12.1 Å². The Labute approximate surface area is 98.8 Å². The third kappa shape index (κ3) is 2.82. The summed E-state index contributed by atoms with van der Waals surface area (Å²) in [7, 11) is 0. The summed E-state index contributed by atoms with van der Waals surface area (Å²) in [5.41, 5.74) is 0.202. The summed E-state index contributed by atoms with van der Waals surface area (Å²) in [4.78, 5) is 10.6. The van der Waals surface area contributed by atoms with Crippen LogP contribution in [0.2, 0.25) is 0 Å². The number of hydrogen-bond acceptors (Lipinski definition) is 3. The Balaban J connectivity index is 2.02. The van der Waals surface area contributed by atoms with E-state index in [2.05, 4.69) is 6.07 Å². The third-order valence-electron chi connectivity index (χ3n) is 2.99. The van der Waals surface area contributed by atoms with Crippen LogP contribution in [-0.4, -0.2) is 12.9 Å². The highest BCUT2D eigenvalue weighted by Crippen LogP contribution is 2.48. The molecule has 0 unspecified atom stereocenters. The molecule has 0 bridgehead atoms. The lowest BCUT2D eigenvalue weighted by molar-refractivity contribution is 0.112. The van der Waals surface area contributed by atoms with Crippen molar-refractivity contribution in [1.82, 2.24) is 0 Å². The zero-order chi connectivity index (χ0) is 12.3. The summed E-state index contributed by atoms with van der Waals surface area (Å²) in [6, 6.07) is 6.03. The van der Waals surface area contributed by atoms with Gasteiger partial charge in [-0.2, -0.15) is 5.26 Å². The lowest BCUT2D eigenvalue weighted by Crippen LogP contribution is -2.12. The number of nitriles is 1. The van der Waals surface area contributed by atoms with E-state index in [-0.39, 0.29) is 11.0 Å². The SMILES string of the molecule is N#CCC1(COc2cc(F)cc(C=O)c2)CC1. The fourth-order valence-corrected chi connectivity index (χ4v) is 1.69. The maximum atomic E-state index is 13.1. The van der Waals surface area contributed by atoms with Gasteiger partial charge >= 0.3 is 0 Å². The summed E-state index contributed by atoms with van der Waals surface area (Å²) in [5.74, 6) is -0.147. The van der Waals surface area contributed by atoms with Gasteiger partial charge in [-0.05, 0) is 25.0 Å². The predicted molar refractivity (Wildman–Crippen MR) is 59.2 cm³/mol. The monoisotopic (exact) mass is 233 g/mol. The maximum Gasteiger partial charge on any atom is 0.150 e. The number of carbonyl (C=O) groups is 1. The molecule has 1 saturated carbocycles. The van der Waals surface area contributed by atoms with E-state index >= 15 is 0 Å². The number of carbonyl (C=O) groups excluding carboxylic acids is 1. The third-order valence-corrected chi connectivity index (χ3v) is 2.99. The van der Waals surface area contributed by atoms with Gasteiger partial charge in [-0.1, -0.05) is 0 Å². The van der Waals surface area contributed by atoms with Crippen LogP contribution in [0.3, 0.4) is 0 Å². The van der Waals surface area contributed by atoms with Crippen molar-refractivity contribution in [2.75, 3.05) is 6.61 Å². The fraction of sp³-hybridized carbons (Fsp3) is 0.385. The van der Waals surface area contributed by atoms with Crippen molar-refractivity contribution in [2.45, 2.75) is 19.3 Å². The average molecular weight is 233 g/mol. The van der Waals surface area contributed by atoms with Gasteiger partial charge in [-0.15, -0.1) is 0 Å². The van der Waals surface area contributed by atoms with Crippen LogP contribution in [0.4, 0.5) is 4.39 Å². The number of benzene rings is 1. The number of rotatable bonds is 5. The molecule has 0 atom stereocenters. The molecule has 2 rings (SSSR count). The lowest BCUT2D eigenvalue weighted by Gasteiger charge is -2.13. The molecule has 0 N–H and O–H groups in total. The summed E-state index contributed by atoms with van der Waals surface area (Å²) >= 11 is 0. The van der Waals surface area contributed by atoms with Crippen LogP contribution in [0, 0.1) is 22.6 Å². The predicted octanol–water partition coefficient (Wildman–Crippen LogP) is 2.71. The van der Waals surface area contributed by atoms with E-state index in [1.807, 2.05) is 0 Å². The van der Waals surface area contributed by atoms with Crippen LogP contribution < -0.4 is 4.74 Å². The van der Waals surface area contributed by atoms with Gasteiger partial charge in [0.2, 0.25) is 0 Å². The quantitative estimate of drug-likeness (QED) is 0.735. The number of ether oxygens (including phenoxy) is 1. The Morgan fingerprint density at radius 2 is 2.24 bits per heavy atom. The first-order valence-electron chi connectivity index (χ1n) is 5.43. The zero-order valence-electron chi connectivity index (χ0n) is 9.28. The first-order valence-corrected chi connectivity index (χ1v) is 5.43. The Bertz CT molecular complexity index is 475. The van der Waals surface area contributed by atoms with Crippen molar-refractivity contribution in [2.24, 2.45) is 5.41 Å². The Morgan fingerprint density at radius 1 is 1.47 bits per heavy atom. The topological polar surface area (TPSA) is 50.1 Å². The van der Waals surface area contributed by atoms with E-state index in [9.17, 15) is 9.18 Å². The molecule has 88 valence electrons. The highest BCUT2D eigenvalue weighted by Gasteiger charge is 2.43. The molecule has 1 fully saturated rings. The van der Waals surface area contributed by atoms with E-state index in [0.29, 0.717) is 25.1 Å². The molecular weight excluding hydrogens is 221 g/mol. The summed E-state index contributed by atoms with van der Waals surface area (Å²) < 4.78 is 18.6. The second-order valence-electron chi connectivity index (χ2n) is 4.46. The standard InChI is InChI=1S/C13H12FNO2/c14-11-5-10(8-16)6-12(7-11)17-9-13(1-2-13)3-4-15/h5-8H,1-3,9H2. The molecule has 0 saturated heterocycles. The Hall–Kier alpha value is -1.89. The first-order chi connectivity index (χ1) is 8.17. The summed E-state index contributed by atoms with van der Waals surface area (Å²) in [6.45, 7) is 0.405. The minimum atomic E-state index is -0.491. The lowest BCUT2D eigenvalue weighted by atomic mass is 10.1. The van der Waals surface area contributed by atoms with E-state index < -0.39 is 5.82 Å². The average Bonchev–Trinajstić information content (AvgIpc) is 3.07.